The van der Waals surface area contributed by atoms with Crippen molar-refractivity contribution in [1.29, 1.82) is 0 Å². The van der Waals surface area contributed by atoms with Crippen molar-refractivity contribution >= 4 is 41.6 Å². The highest BCUT2D eigenvalue weighted by Crippen LogP contribution is 2.48. The average Bonchev–Trinajstić information content (AvgIpc) is 3.57. The third-order valence-electron chi connectivity index (χ3n) is 8.23. The fourth-order valence-electron chi connectivity index (χ4n) is 5.71. The number of anilines is 1. The van der Waals surface area contributed by atoms with Gasteiger partial charge in [0, 0.05) is 18.2 Å². The summed E-state index contributed by atoms with van der Waals surface area (Å²) < 4.78 is 50.3. The largest absolute Gasteiger partial charge is 0.476 e. The van der Waals surface area contributed by atoms with Gasteiger partial charge in [0.05, 0.1) is 32.8 Å². The fraction of sp³-hybridized carbons (Fsp3) is 0.484. The molecule has 2 fully saturated rings. The molecule has 16 nitrogen and oxygen atoms in total. The predicted molar refractivity (Wildman–Crippen MR) is 172 cm³/mol. The van der Waals surface area contributed by atoms with Crippen LogP contribution in [0.5, 0.6) is 11.6 Å². The van der Waals surface area contributed by atoms with Crippen molar-refractivity contribution in [3.8, 4) is 11.6 Å². The van der Waals surface area contributed by atoms with Crippen LogP contribution in [0.25, 0.3) is 21.9 Å². The minimum absolute atomic E-state index is 0.0900. The molecule has 0 spiro atoms. The number of nitrogen functional groups attached to an aromatic ring is 1. The van der Waals surface area contributed by atoms with Gasteiger partial charge in [-0.05, 0) is 32.2 Å². The SMILES string of the molecule is CCOc1nc(N)nc2c1ncn2C1OC(COP(=O)(NC(C)C(=O)OC2CCOCC2)Oc2cccc3ccccc23)C(O)C1(C)O. The van der Waals surface area contributed by atoms with Crippen molar-refractivity contribution in [3.63, 3.8) is 0 Å². The molecule has 17 heteroatoms. The summed E-state index contributed by atoms with van der Waals surface area (Å²) in [6, 6.07) is 11.5. The number of nitrogens with two attached hydrogens (primary N) is 1. The number of nitrogens with one attached hydrogen (secondary N) is 1. The molecule has 2 aromatic carbocycles. The van der Waals surface area contributed by atoms with Gasteiger partial charge in [-0.25, -0.2) is 9.55 Å². The van der Waals surface area contributed by atoms with Crippen molar-refractivity contribution in [2.45, 2.75) is 69.8 Å². The first-order valence-corrected chi connectivity index (χ1v) is 17.2. The molecule has 6 unspecified atom stereocenters. The fourth-order valence-corrected chi connectivity index (χ4v) is 7.23. The number of hydrogen-bond donors (Lipinski definition) is 4. The Morgan fingerprint density at radius 2 is 1.96 bits per heavy atom. The van der Waals surface area contributed by atoms with Crippen molar-refractivity contribution in [2.24, 2.45) is 0 Å². The molecule has 48 heavy (non-hydrogen) atoms. The minimum Gasteiger partial charge on any atom is -0.476 e. The Labute approximate surface area is 276 Å². The third kappa shape index (κ3) is 6.96. The lowest BCUT2D eigenvalue weighted by atomic mass is 9.96. The van der Waals surface area contributed by atoms with E-state index >= 15 is 0 Å². The van der Waals surface area contributed by atoms with Crippen molar-refractivity contribution in [2.75, 3.05) is 32.2 Å². The van der Waals surface area contributed by atoms with Gasteiger partial charge in [0.15, 0.2) is 17.4 Å². The van der Waals surface area contributed by atoms with E-state index < -0.39 is 50.4 Å². The Kier molecular flexibility index (Phi) is 9.86. The minimum atomic E-state index is -4.39. The Morgan fingerprint density at radius 1 is 1.21 bits per heavy atom. The maximum Gasteiger partial charge on any atom is 0.459 e. The van der Waals surface area contributed by atoms with Gasteiger partial charge < -0.3 is 39.4 Å². The number of benzene rings is 2. The standard InChI is InChI=1S/C31H39N6O10P/c1-4-43-27-24-26(34-30(32)35-27)37(17-33-24)29-31(3,40)25(38)23(46-29)16-44-48(41,36-18(2)28(39)45-20-12-14-42-15-13-20)47-22-11-7-9-19-8-5-6-10-21(19)22/h5-11,17-18,20,23,25,29,38,40H,4,12-16H2,1-3H3,(H,36,41)(H2,32,34,35). The maximum atomic E-state index is 14.4. The molecule has 4 aromatic rings. The number of aromatic nitrogens is 4. The van der Waals surface area contributed by atoms with Crippen LogP contribution in [-0.4, -0.2) is 92.1 Å². The maximum absolute atomic E-state index is 14.4. The zero-order valence-corrected chi connectivity index (χ0v) is 27.6. The normalized spacial score (nSPS) is 25.1. The van der Waals surface area contributed by atoms with E-state index in [0.29, 0.717) is 38.0 Å². The van der Waals surface area contributed by atoms with Crippen LogP contribution in [0, 0.1) is 0 Å². The van der Waals surface area contributed by atoms with E-state index in [-0.39, 0.29) is 34.8 Å². The van der Waals surface area contributed by atoms with Gasteiger partial charge in [0.2, 0.25) is 11.8 Å². The highest BCUT2D eigenvalue weighted by Gasteiger charge is 2.54. The molecule has 0 amide bonds. The smallest absolute Gasteiger partial charge is 0.459 e. The highest BCUT2D eigenvalue weighted by molar-refractivity contribution is 7.52. The lowest BCUT2D eigenvalue weighted by molar-refractivity contribution is -0.154. The molecule has 2 aromatic heterocycles. The zero-order valence-electron chi connectivity index (χ0n) is 26.7. The zero-order chi connectivity index (χ0) is 34.1. The number of ether oxygens (including phenoxy) is 4. The molecule has 4 heterocycles. The number of fused-ring (bicyclic) bond motifs is 2. The second kappa shape index (κ2) is 13.9. The molecule has 6 atom stereocenters. The molecule has 2 aliphatic heterocycles. The van der Waals surface area contributed by atoms with Crippen molar-refractivity contribution < 1.29 is 47.6 Å². The van der Waals surface area contributed by atoms with E-state index in [1.165, 1.54) is 24.7 Å². The number of imidazole rings is 1. The number of nitrogens with zero attached hydrogens (tertiary/aromatic N) is 4. The monoisotopic (exact) mass is 686 g/mol. The van der Waals surface area contributed by atoms with E-state index in [2.05, 4.69) is 20.0 Å². The van der Waals surface area contributed by atoms with Crippen LogP contribution >= 0.6 is 7.75 Å². The first kappa shape index (κ1) is 34.0. The van der Waals surface area contributed by atoms with Gasteiger partial charge in [-0.2, -0.15) is 15.1 Å². The number of rotatable bonds is 12. The molecule has 0 radical (unpaired) electrons. The number of esters is 1. The Balaban J connectivity index is 1.24. The van der Waals surface area contributed by atoms with Gasteiger partial charge >= 0.3 is 13.7 Å². The Morgan fingerprint density at radius 3 is 2.73 bits per heavy atom. The number of carbonyl (C=O) groups is 1. The molecule has 0 aliphatic carbocycles. The third-order valence-corrected chi connectivity index (χ3v) is 9.86. The van der Waals surface area contributed by atoms with Crippen LogP contribution in [0.2, 0.25) is 0 Å². The number of aliphatic hydroxyl groups is 2. The Hall–Kier alpha value is -3.89. The van der Waals surface area contributed by atoms with Crippen LogP contribution < -0.4 is 20.1 Å². The van der Waals surface area contributed by atoms with Crippen LogP contribution in [0.4, 0.5) is 5.95 Å². The molecule has 2 saturated heterocycles. The van der Waals surface area contributed by atoms with E-state index in [0.717, 1.165) is 5.39 Å². The first-order valence-electron chi connectivity index (χ1n) is 15.7. The molecular weight excluding hydrogens is 647 g/mol. The molecule has 5 N–H and O–H groups in total. The summed E-state index contributed by atoms with van der Waals surface area (Å²) in [6.07, 6.45) is -1.85. The van der Waals surface area contributed by atoms with Crippen LogP contribution in [0.1, 0.15) is 39.8 Å². The summed E-state index contributed by atoms with van der Waals surface area (Å²) in [5.41, 5.74) is 4.48. The molecule has 258 valence electrons. The second-order valence-corrected chi connectivity index (χ2v) is 13.5. The summed E-state index contributed by atoms with van der Waals surface area (Å²) in [6.45, 7) is 5.38. The summed E-state index contributed by atoms with van der Waals surface area (Å²) in [5, 5.41) is 26.8. The van der Waals surface area contributed by atoms with Gasteiger partial charge in [-0.15, -0.1) is 0 Å². The van der Waals surface area contributed by atoms with Crippen LogP contribution in [0.3, 0.4) is 0 Å². The Bertz CT molecular complexity index is 1810. The van der Waals surface area contributed by atoms with Crippen molar-refractivity contribution in [3.05, 3.63) is 48.8 Å². The summed E-state index contributed by atoms with van der Waals surface area (Å²) in [4.78, 5) is 25.7. The number of carbonyl (C=O) groups excluding carboxylic acids is 1. The summed E-state index contributed by atoms with van der Waals surface area (Å²) >= 11 is 0. The number of aliphatic hydroxyl groups excluding tert-OH is 1. The van der Waals surface area contributed by atoms with E-state index in [1.54, 1.807) is 25.1 Å². The van der Waals surface area contributed by atoms with Gasteiger partial charge in [0.25, 0.3) is 0 Å². The summed E-state index contributed by atoms with van der Waals surface area (Å²) in [5.74, 6) is -0.349. The molecule has 0 bridgehead atoms. The molecular formula is C31H39N6O10P. The van der Waals surface area contributed by atoms with Gasteiger partial charge in [-0.1, -0.05) is 36.4 Å². The van der Waals surface area contributed by atoms with Gasteiger partial charge in [0.1, 0.15) is 35.7 Å². The summed E-state index contributed by atoms with van der Waals surface area (Å²) in [7, 11) is -4.39. The van der Waals surface area contributed by atoms with Crippen molar-refractivity contribution in [1.82, 2.24) is 24.6 Å². The lowest BCUT2D eigenvalue weighted by Gasteiger charge is -2.28. The van der Waals surface area contributed by atoms with Crippen LogP contribution in [-0.2, 0) is 28.1 Å². The van der Waals surface area contributed by atoms with E-state index in [9.17, 15) is 19.6 Å². The van der Waals surface area contributed by atoms with E-state index in [1.807, 2.05) is 24.3 Å². The predicted octanol–water partition coefficient (Wildman–Crippen LogP) is 2.87. The van der Waals surface area contributed by atoms with Crippen LogP contribution in [0.15, 0.2) is 48.8 Å². The average molecular weight is 687 g/mol. The highest BCUT2D eigenvalue weighted by atomic mass is 31.2. The lowest BCUT2D eigenvalue weighted by Crippen LogP contribution is -2.44. The second-order valence-electron chi connectivity index (χ2n) is 11.8. The number of hydrogen-bond acceptors (Lipinski definition) is 14. The van der Waals surface area contributed by atoms with E-state index in [4.69, 9.17) is 33.7 Å². The quantitative estimate of drug-likeness (QED) is 0.125. The topological polar surface area (TPSA) is 212 Å². The molecule has 6 rings (SSSR count). The first-order chi connectivity index (χ1) is 23.0. The van der Waals surface area contributed by atoms with Gasteiger partial charge in [-0.3, -0.25) is 13.9 Å². The molecule has 0 saturated carbocycles. The molecule has 2 aliphatic rings.